The lowest BCUT2D eigenvalue weighted by atomic mass is 10.1. The average molecular weight is 339 g/mol. The second-order valence-corrected chi connectivity index (χ2v) is 5.74. The summed E-state index contributed by atoms with van der Waals surface area (Å²) in [5.41, 5.74) is 2.77. The fraction of sp³-hybridized carbons (Fsp3) is 0.250. The van der Waals surface area contributed by atoms with Crippen LogP contribution in [0.15, 0.2) is 48.5 Å². The Morgan fingerprint density at radius 3 is 2.32 bits per heavy atom. The summed E-state index contributed by atoms with van der Waals surface area (Å²) in [4.78, 5) is 35.0. The Hall–Kier alpha value is -2.95. The minimum atomic E-state index is -0.502. The summed E-state index contributed by atoms with van der Waals surface area (Å²) in [6.45, 7) is 3.55. The van der Waals surface area contributed by atoms with Crippen molar-refractivity contribution < 1.29 is 19.1 Å². The molecule has 0 radical (unpaired) electrons. The number of Topliss-reactive ketones (excluding diaryl/α,β-unsaturated/α-hetero) is 1. The lowest BCUT2D eigenvalue weighted by molar-refractivity contribution is -0.118. The molecular weight excluding hydrogens is 318 g/mol. The number of hydrogen-bond donors (Lipinski definition) is 1. The first kappa shape index (κ1) is 18.4. The van der Waals surface area contributed by atoms with E-state index in [4.69, 9.17) is 4.74 Å². The molecule has 0 aliphatic heterocycles. The van der Waals surface area contributed by atoms with Crippen LogP contribution in [0.2, 0.25) is 0 Å². The number of esters is 1. The number of carbonyl (C=O) groups is 3. The van der Waals surface area contributed by atoms with E-state index >= 15 is 0 Å². The third-order valence-electron chi connectivity index (χ3n) is 3.76. The summed E-state index contributed by atoms with van der Waals surface area (Å²) in [6, 6.07) is 14.1. The number of ether oxygens (including phenoxy) is 1. The molecule has 25 heavy (non-hydrogen) atoms. The highest BCUT2D eigenvalue weighted by atomic mass is 16.5. The fourth-order valence-electron chi connectivity index (χ4n) is 2.33. The van der Waals surface area contributed by atoms with Gasteiger partial charge in [0.25, 0.3) is 0 Å². The van der Waals surface area contributed by atoms with E-state index in [1.54, 1.807) is 24.3 Å². The van der Waals surface area contributed by atoms with E-state index in [1.165, 1.54) is 6.92 Å². The monoisotopic (exact) mass is 339 g/mol. The van der Waals surface area contributed by atoms with Gasteiger partial charge in [-0.25, -0.2) is 4.79 Å². The number of carbonyl (C=O) groups excluding carboxylic acids is 3. The van der Waals surface area contributed by atoms with Crippen molar-refractivity contribution in [2.24, 2.45) is 0 Å². The summed E-state index contributed by atoms with van der Waals surface area (Å²) in [5.74, 6) is -0.823. The Bertz CT molecular complexity index is 766. The van der Waals surface area contributed by atoms with Crippen molar-refractivity contribution in [3.63, 3.8) is 0 Å². The molecule has 0 spiro atoms. The van der Waals surface area contributed by atoms with Gasteiger partial charge in [0.05, 0.1) is 5.56 Å². The van der Waals surface area contributed by atoms with Crippen LogP contribution in [0, 0.1) is 6.92 Å². The largest absolute Gasteiger partial charge is 0.454 e. The number of amides is 1. The minimum Gasteiger partial charge on any atom is -0.454 e. The molecule has 0 aliphatic rings. The third-order valence-corrected chi connectivity index (χ3v) is 3.76. The summed E-state index contributed by atoms with van der Waals surface area (Å²) >= 11 is 0. The van der Waals surface area contributed by atoms with E-state index < -0.39 is 5.97 Å². The van der Waals surface area contributed by atoms with Crippen LogP contribution in [0.4, 0.5) is 0 Å². The maximum absolute atomic E-state index is 12.1. The first-order valence-electron chi connectivity index (χ1n) is 8.06. The first-order valence-corrected chi connectivity index (χ1v) is 8.06. The Balaban J connectivity index is 1.87. The molecule has 0 aromatic heterocycles. The van der Waals surface area contributed by atoms with Crippen molar-refractivity contribution in [3.8, 4) is 0 Å². The molecule has 0 fully saturated rings. The number of aryl methyl sites for hydroxylation is 1. The molecule has 130 valence electrons. The lowest BCUT2D eigenvalue weighted by Crippen LogP contribution is -2.22. The van der Waals surface area contributed by atoms with Gasteiger partial charge in [-0.2, -0.15) is 0 Å². The molecule has 0 saturated carbocycles. The molecule has 2 aromatic rings. The van der Waals surface area contributed by atoms with Crippen molar-refractivity contribution in [2.75, 3.05) is 13.2 Å². The number of nitrogens with one attached hydrogen (secondary N) is 1. The Kier molecular flexibility index (Phi) is 6.46. The minimum absolute atomic E-state index is 0.0673. The van der Waals surface area contributed by atoms with E-state index in [0.29, 0.717) is 24.1 Å². The second-order valence-electron chi connectivity index (χ2n) is 5.74. The molecule has 1 amide bonds. The van der Waals surface area contributed by atoms with Crippen molar-refractivity contribution in [2.45, 2.75) is 20.3 Å². The Morgan fingerprint density at radius 2 is 1.68 bits per heavy atom. The molecule has 5 nitrogen and oxygen atoms in total. The van der Waals surface area contributed by atoms with Crippen LogP contribution in [-0.4, -0.2) is 30.8 Å². The van der Waals surface area contributed by atoms with Gasteiger partial charge < -0.3 is 10.1 Å². The molecule has 0 heterocycles. The van der Waals surface area contributed by atoms with Gasteiger partial charge >= 0.3 is 5.97 Å². The van der Waals surface area contributed by atoms with Gasteiger partial charge in [0.15, 0.2) is 12.4 Å². The molecule has 0 unspecified atom stereocenters. The standard InChI is InChI=1S/C20H21NO4/c1-14-5-3-4-6-18(14)20(24)25-13-19(23)17-9-7-16(8-10-17)11-12-21-15(2)22/h3-10H,11-13H2,1-2H3,(H,21,22). The van der Waals surface area contributed by atoms with Crippen LogP contribution in [0.25, 0.3) is 0 Å². The third kappa shape index (κ3) is 5.57. The van der Waals surface area contributed by atoms with Crippen molar-refractivity contribution in [3.05, 3.63) is 70.8 Å². The summed E-state index contributed by atoms with van der Waals surface area (Å²) in [7, 11) is 0. The van der Waals surface area contributed by atoms with E-state index in [9.17, 15) is 14.4 Å². The zero-order chi connectivity index (χ0) is 18.2. The zero-order valence-electron chi connectivity index (χ0n) is 14.4. The Morgan fingerprint density at radius 1 is 1.00 bits per heavy atom. The molecule has 0 bridgehead atoms. The van der Waals surface area contributed by atoms with Crippen LogP contribution in [0.3, 0.4) is 0 Å². The fourth-order valence-corrected chi connectivity index (χ4v) is 2.33. The van der Waals surface area contributed by atoms with E-state index in [2.05, 4.69) is 5.32 Å². The maximum Gasteiger partial charge on any atom is 0.338 e. The normalized spacial score (nSPS) is 10.2. The van der Waals surface area contributed by atoms with Gasteiger partial charge in [-0.15, -0.1) is 0 Å². The van der Waals surface area contributed by atoms with E-state index in [1.807, 2.05) is 31.2 Å². The SMILES string of the molecule is CC(=O)NCCc1ccc(C(=O)COC(=O)c2ccccc2C)cc1. The predicted molar refractivity (Wildman–Crippen MR) is 94.6 cm³/mol. The second kappa shape index (κ2) is 8.78. The molecule has 0 atom stereocenters. The Labute approximate surface area is 147 Å². The van der Waals surface area contributed by atoms with Gasteiger partial charge in [0.1, 0.15) is 0 Å². The lowest BCUT2D eigenvalue weighted by Gasteiger charge is -2.07. The number of benzene rings is 2. The van der Waals surface area contributed by atoms with Gasteiger partial charge in [-0.3, -0.25) is 9.59 Å². The summed E-state index contributed by atoms with van der Waals surface area (Å²) in [6.07, 6.45) is 0.691. The van der Waals surface area contributed by atoms with Crippen LogP contribution < -0.4 is 5.32 Å². The van der Waals surface area contributed by atoms with Crippen LogP contribution in [0.5, 0.6) is 0 Å². The number of rotatable bonds is 7. The van der Waals surface area contributed by atoms with Gasteiger partial charge in [0.2, 0.25) is 5.91 Å². The van der Waals surface area contributed by atoms with Crippen LogP contribution >= 0.6 is 0 Å². The first-order chi connectivity index (χ1) is 12.0. The molecule has 1 N–H and O–H groups in total. The van der Waals surface area contributed by atoms with Gasteiger partial charge in [0, 0.05) is 19.0 Å². The molecule has 2 aromatic carbocycles. The summed E-state index contributed by atoms with van der Waals surface area (Å²) < 4.78 is 5.11. The van der Waals surface area contributed by atoms with Crippen molar-refractivity contribution >= 4 is 17.7 Å². The van der Waals surface area contributed by atoms with Gasteiger partial charge in [-0.05, 0) is 30.5 Å². The van der Waals surface area contributed by atoms with Crippen LogP contribution in [0.1, 0.15) is 38.8 Å². The smallest absolute Gasteiger partial charge is 0.338 e. The van der Waals surface area contributed by atoms with E-state index in [-0.39, 0.29) is 18.3 Å². The van der Waals surface area contributed by atoms with Gasteiger partial charge in [-0.1, -0.05) is 42.5 Å². The molecular formula is C20H21NO4. The van der Waals surface area contributed by atoms with Crippen LogP contribution in [-0.2, 0) is 16.0 Å². The maximum atomic E-state index is 12.1. The van der Waals surface area contributed by atoms with E-state index in [0.717, 1.165) is 11.1 Å². The predicted octanol–water partition coefficient (Wildman–Crippen LogP) is 2.71. The summed E-state index contributed by atoms with van der Waals surface area (Å²) in [5, 5.41) is 2.72. The highest BCUT2D eigenvalue weighted by Gasteiger charge is 2.13. The highest BCUT2D eigenvalue weighted by Crippen LogP contribution is 2.10. The van der Waals surface area contributed by atoms with Crippen molar-refractivity contribution in [1.29, 1.82) is 0 Å². The molecule has 2 rings (SSSR count). The number of hydrogen-bond acceptors (Lipinski definition) is 4. The zero-order valence-corrected chi connectivity index (χ0v) is 14.4. The highest BCUT2D eigenvalue weighted by molar-refractivity contribution is 5.99. The average Bonchev–Trinajstić information content (AvgIpc) is 2.60. The molecule has 0 aliphatic carbocycles. The number of ketones is 1. The topological polar surface area (TPSA) is 72.5 Å². The van der Waals surface area contributed by atoms with Crippen molar-refractivity contribution in [1.82, 2.24) is 5.32 Å². The molecule has 0 saturated heterocycles. The molecule has 5 heteroatoms. The quantitative estimate of drug-likeness (QED) is 0.622.